The lowest BCUT2D eigenvalue weighted by Crippen LogP contribution is -2.19. The van der Waals surface area contributed by atoms with E-state index in [1.54, 1.807) is 0 Å². The molecule has 0 aliphatic carbocycles. The van der Waals surface area contributed by atoms with Gasteiger partial charge in [0, 0.05) is 34.1 Å². The standard InChI is InChI=1S/C27H20ClF3N8O5/c1-42-20-10-16(11-21(43-2)24(20)25(40)38-39-32)34-22-12-33-13-23(37-22)44-17-6-3-14(4-7-17)35-26(41)36-15-5-8-19(28)18(9-15)27(29,30)31/h3-13H,1-2H3,(H,34,37)(H2,35,36,41). The van der Waals surface area contributed by atoms with Crippen LogP contribution in [0, 0.1) is 0 Å². The number of aromatic nitrogens is 2. The predicted molar refractivity (Wildman–Crippen MR) is 154 cm³/mol. The van der Waals surface area contributed by atoms with Crippen molar-refractivity contribution in [2.45, 2.75) is 6.18 Å². The SMILES string of the molecule is COc1cc(Nc2cncc(Oc3ccc(NC(=O)Nc4ccc(Cl)c(C(F)(F)F)c4)cc3)n2)cc(OC)c1C(=O)N=[N+]=[N-]. The van der Waals surface area contributed by atoms with E-state index in [0.29, 0.717) is 17.1 Å². The van der Waals surface area contributed by atoms with E-state index < -0.39 is 28.7 Å². The highest BCUT2D eigenvalue weighted by Crippen LogP contribution is 2.37. The van der Waals surface area contributed by atoms with Crippen LogP contribution < -0.4 is 30.2 Å². The quantitative estimate of drug-likeness (QED) is 0.0956. The molecule has 0 saturated heterocycles. The van der Waals surface area contributed by atoms with Crippen molar-refractivity contribution in [2.75, 3.05) is 30.2 Å². The van der Waals surface area contributed by atoms with Crippen LogP contribution >= 0.6 is 11.6 Å². The van der Waals surface area contributed by atoms with Crippen LogP contribution in [0.15, 0.2) is 72.1 Å². The van der Waals surface area contributed by atoms with Gasteiger partial charge in [0.1, 0.15) is 22.8 Å². The molecule has 3 N–H and O–H groups in total. The Hall–Kier alpha value is -5.73. The highest BCUT2D eigenvalue weighted by Gasteiger charge is 2.33. The normalized spacial score (nSPS) is 10.7. The minimum Gasteiger partial charge on any atom is -0.496 e. The van der Waals surface area contributed by atoms with E-state index in [4.69, 9.17) is 31.3 Å². The number of benzene rings is 3. The third kappa shape index (κ3) is 7.76. The first-order valence-electron chi connectivity index (χ1n) is 12.2. The Morgan fingerprint density at radius 2 is 1.57 bits per heavy atom. The van der Waals surface area contributed by atoms with Crippen LogP contribution in [0.2, 0.25) is 5.02 Å². The van der Waals surface area contributed by atoms with Gasteiger partial charge in [0.25, 0.3) is 5.91 Å². The van der Waals surface area contributed by atoms with Gasteiger partial charge in [-0.1, -0.05) is 11.6 Å². The van der Waals surface area contributed by atoms with Crippen molar-refractivity contribution < 1.29 is 37.0 Å². The summed E-state index contributed by atoms with van der Waals surface area (Å²) < 4.78 is 55.5. The zero-order valence-corrected chi connectivity index (χ0v) is 23.4. The van der Waals surface area contributed by atoms with E-state index in [0.717, 1.165) is 12.1 Å². The van der Waals surface area contributed by atoms with Gasteiger partial charge in [0.05, 0.1) is 37.2 Å². The van der Waals surface area contributed by atoms with Crippen LogP contribution in [0.1, 0.15) is 15.9 Å². The van der Waals surface area contributed by atoms with Gasteiger partial charge >= 0.3 is 12.2 Å². The average Bonchev–Trinajstić information content (AvgIpc) is 2.98. The van der Waals surface area contributed by atoms with E-state index in [2.05, 4.69) is 35.9 Å². The summed E-state index contributed by atoms with van der Waals surface area (Å²) in [7, 11) is 2.67. The number of azide groups is 1. The van der Waals surface area contributed by atoms with E-state index in [1.807, 2.05) is 0 Å². The van der Waals surface area contributed by atoms with Crippen molar-refractivity contribution in [3.8, 4) is 23.1 Å². The topological polar surface area (TPSA) is 172 Å². The van der Waals surface area contributed by atoms with Crippen LogP contribution in [-0.4, -0.2) is 36.1 Å². The molecule has 3 aromatic carbocycles. The molecule has 1 aromatic heterocycles. The van der Waals surface area contributed by atoms with Gasteiger partial charge in [-0.2, -0.15) is 18.2 Å². The van der Waals surface area contributed by atoms with Crippen LogP contribution in [0.3, 0.4) is 0 Å². The summed E-state index contributed by atoms with van der Waals surface area (Å²) >= 11 is 5.61. The Kier molecular flexibility index (Phi) is 9.57. The fourth-order valence-corrected chi connectivity index (χ4v) is 3.96. The molecule has 226 valence electrons. The second kappa shape index (κ2) is 13.5. The van der Waals surface area contributed by atoms with Gasteiger partial charge in [-0.25, -0.2) is 4.79 Å². The van der Waals surface area contributed by atoms with Crippen molar-refractivity contribution in [1.82, 2.24) is 9.97 Å². The number of hydrogen-bond acceptors (Lipinski definition) is 8. The first kappa shape index (κ1) is 31.2. The Morgan fingerprint density at radius 1 is 0.932 bits per heavy atom. The number of hydrogen-bond donors (Lipinski definition) is 3. The lowest BCUT2D eigenvalue weighted by Gasteiger charge is -2.14. The smallest absolute Gasteiger partial charge is 0.417 e. The highest BCUT2D eigenvalue weighted by atomic mass is 35.5. The third-order valence-electron chi connectivity index (χ3n) is 5.60. The van der Waals surface area contributed by atoms with Gasteiger partial charge in [-0.3, -0.25) is 9.78 Å². The summed E-state index contributed by atoms with van der Waals surface area (Å²) in [5.41, 5.74) is 8.11. The molecule has 0 atom stereocenters. The molecular weight excluding hydrogens is 609 g/mol. The number of alkyl halides is 3. The van der Waals surface area contributed by atoms with Crippen molar-refractivity contribution >= 4 is 46.4 Å². The molecule has 0 bridgehead atoms. The Morgan fingerprint density at radius 3 is 2.18 bits per heavy atom. The first-order valence-corrected chi connectivity index (χ1v) is 12.6. The molecule has 0 saturated carbocycles. The zero-order chi connectivity index (χ0) is 31.9. The largest absolute Gasteiger partial charge is 0.496 e. The van der Waals surface area contributed by atoms with Crippen LogP contribution in [0.25, 0.3) is 10.4 Å². The Labute approximate surface area is 251 Å². The molecule has 3 amide bonds. The van der Waals surface area contributed by atoms with Crippen molar-refractivity contribution in [3.63, 3.8) is 0 Å². The molecule has 0 radical (unpaired) electrons. The van der Waals surface area contributed by atoms with E-state index >= 15 is 0 Å². The monoisotopic (exact) mass is 628 g/mol. The Balaban J connectivity index is 1.41. The number of nitrogens with one attached hydrogen (secondary N) is 3. The van der Waals surface area contributed by atoms with Crippen LogP contribution in [-0.2, 0) is 6.18 Å². The number of urea groups is 1. The number of carbonyl (C=O) groups excluding carboxylic acids is 2. The van der Waals surface area contributed by atoms with Crippen molar-refractivity contribution in [2.24, 2.45) is 5.11 Å². The molecule has 17 heteroatoms. The number of halogens is 4. The number of ether oxygens (including phenoxy) is 3. The van der Waals surface area contributed by atoms with E-state index in [-0.39, 0.29) is 34.4 Å². The second-order valence-electron chi connectivity index (χ2n) is 8.52. The van der Waals surface area contributed by atoms with Gasteiger partial charge < -0.3 is 30.2 Å². The molecule has 0 spiro atoms. The van der Waals surface area contributed by atoms with E-state index in [1.165, 1.54) is 69.1 Å². The maximum Gasteiger partial charge on any atom is 0.417 e. The highest BCUT2D eigenvalue weighted by molar-refractivity contribution is 6.31. The van der Waals surface area contributed by atoms with Gasteiger partial charge in [-0.05, 0) is 53.1 Å². The third-order valence-corrected chi connectivity index (χ3v) is 5.93. The fraction of sp³-hybridized carbons (Fsp3) is 0.111. The number of methoxy groups -OCH3 is 2. The molecule has 44 heavy (non-hydrogen) atoms. The second-order valence-corrected chi connectivity index (χ2v) is 8.92. The minimum absolute atomic E-state index is 0.0579. The molecule has 0 fully saturated rings. The predicted octanol–water partition coefficient (Wildman–Crippen LogP) is 7.80. The van der Waals surface area contributed by atoms with Gasteiger partial charge in [0.15, 0.2) is 5.82 Å². The number of amides is 3. The minimum atomic E-state index is -4.68. The summed E-state index contributed by atoms with van der Waals surface area (Å²) in [6.07, 6.45) is -1.91. The van der Waals surface area contributed by atoms with Gasteiger partial charge in [-0.15, -0.1) is 0 Å². The molecule has 4 rings (SSSR count). The Bertz CT molecular complexity index is 1720. The summed E-state index contributed by atoms with van der Waals surface area (Å²) in [6.45, 7) is 0. The molecule has 13 nitrogen and oxygen atoms in total. The molecule has 0 aliphatic rings. The van der Waals surface area contributed by atoms with Crippen molar-refractivity contribution in [3.05, 3.63) is 93.6 Å². The maximum atomic E-state index is 13.1. The van der Waals surface area contributed by atoms with Crippen LogP contribution in [0.4, 0.5) is 40.8 Å². The lowest BCUT2D eigenvalue weighted by atomic mass is 10.1. The molecule has 4 aromatic rings. The van der Waals surface area contributed by atoms with E-state index in [9.17, 15) is 22.8 Å². The summed E-state index contributed by atoms with van der Waals surface area (Å²) in [6, 6.07) is 11.2. The zero-order valence-electron chi connectivity index (χ0n) is 22.6. The molecule has 0 unspecified atom stereocenters. The number of anilines is 4. The first-order chi connectivity index (χ1) is 21.0. The lowest BCUT2D eigenvalue weighted by molar-refractivity contribution is -0.137. The summed E-state index contributed by atoms with van der Waals surface area (Å²) in [5.74, 6) is -0.0141. The number of carbonyl (C=O) groups is 2. The van der Waals surface area contributed by atoms with Crippen molar-refractivity contribution in [1.29, 1.82) is 0 Å². The summed E-state index contributed by atoms with van der Waals surface area (Å²) in [5, 5.41) is 10.4. The maximum absolute atomic E-state index is 13.1. The molecular formula is C27H20ClF3N8O5. The van der Waals surface area contributed by atoms with Gasteiger partial charge in [0.2, 0.25) is 5.88 Å². The fourth-order valence-electron chi connectivity index (χ4n) is 3.73. The molecule has 0 aliphatic heterocycles. The molecule has 1 heterocycles. The number of rotatable bonds is 9. The average molecular weight is 629 g/mol. The number of nitrogens with zero attached hydrogens (tertiary/aromatic N) is 5. The summed E-state index contributed by atoms with van der Waals surface area (Å²) in [4.78, 5) is 35.4. The van der Waals surface area contributed by atoms with Crippen LogP contribution in [0.5, 0.6) is 23.1 Å².